The van der Waals surface area contributed by atoms with Crippen LogP contribution in [0.1, 0.15) is 11.1 Å². The van der Waals surface area contributed by atoms with Crippen molar-refractivity contribution in [3.63, 3.8) is 0 Å². The van der Waals surface area contributed by atoms with Gasteiger partial charge in [0.15, 0.2) is 0 Å². The highest BCUT2D eigenvalue weighted by Crippen LogP contribution is 2.27. The summed E-state index contributed by atoms with van der Waals surface area (Å²) in [6.07, 6.45) is -7.74. The van der Waals surface area contributed by atoms with Crippen molar-refractivity contribution in [2.45, 2.75) is 49.8 Å². The van der Waals surface area contributed by atoms with Gasteiger partial charge in [-0.15, -0.1) is 0 Å². The Kier molecular flexibility index (Phi) is 6.37. The van der Waals surface area contributed by atoms with Crippen molar-refractivity contribution >= 4 is 0 Å². The second-order valence-corrected chi connectivity index (χ2v) is 6.48. The van der Waals surface area contributed by atoms with Crippen molar-refractivity contribution in [1.82, 2.24) is 0 Å². The van der Waals surface area contributed by atoms with Crippen molar-refractivity contribution in [1.29, 1.82) is 0 Å². The van der Waals surface area contributed by atoms with Crippen LogP contribution in [0.4, 0.5) is 0 Å². The first kappa shape index (κ1) is 19.0. The number of rotatable bonds is 6. The molecule has 0 radical (unpaired) electrons. The molecule has 6 atom stereocenters. The van der Waals surface area contributed by atoms with E-state index in [-0.39, 0.29) is 13.2 Å². The fraction of sp³-hybridized carbons (Fsp3) is 0.400. The van der Waals surface area contributed by atoms with E-state index in [1.165, 1.54) is 0 Å². The minimum Gasteiger partial charge on any atom is -0.387 e. The van der Waals surface area contributed by atoms with E-state index in [9.17, 15) is 20.4 Å². The van der Waals surface area contributed by atoms with Gasteiger partial charge in [0.1, 0.15) is 36.6 Å². The highest BCUT2D eigenvalue weighted by molar-refractivity contribution is 5.15. The molecule has 0 aliphatic heterocycles. The minimum atomic E-state index is -1.47. The van der Waals surface area contributed by atoms with Crippen LogP contribution in [0.2, 0.25) is 0 Å². The summed E-state index contributed by atoms with van der Waals surface area (Å²) in [5.41, 5.74) is 1.74. The molecule has 2 unspecified atom stereocenters. The van der Waals surface area contributed by atoms with Crippen LogP contribution < -0.4 is 0 Å². The molecule has 0 spiro atoms. The maximum absolute atomic E-state index is 10.6. The maximum atomic E-state index is 10.6. The fourth-order valence-corrected chi connectivity index (χ4v) is 3.11. The lowest BCUT2D eigenvalue weighted by atomic mass is 9.84. The van der Waals surface area contributed by atoms with Crippen LogP contribution in [-0.4, -0.2) is 57.0 Å². The molecule has 6 nitrogen and oxygen atoms in total. The Morgan fingerprint density at radius 3 is 1.31 bits per heavy atom. The fourth-order valence-electron chi connectivity index (χ4n) is 3.11. The summed E-state index contributed by atoms with van der Waals surface area (Å²) < 4.78 is 11.3. The molecule has 1 aliphatic carbocycles. The normalized spacial score (nSPS) is 31.7. The number of aliphatic hydroxyl groups is 4. The van der Waals surface area contributed by atoms with Crippen molar-refractivity contribution < 1.29 is 29.9 Å². The van der Waals surface area contributed by atoms with E-state index in [4.69, 9.17) is 9.47 Å². The van der Waals surface area contributed by atoms with Gasteiger partial charge in [0, 0.05) is 0 Å². The number of hydrogen-bond donors (Lipinski definition) is 4. The third-order valence-electron chi connectivity index (χ3n) is 4.62. The molecule has 0 aromatic heterocycles. The van der Waals surface area contributed by atoms with E-state index in [0.717, 1.165) is 11.1 Å². The Balaban J connectivity index is 1.66. The van der Waals surface area contributed by atoms with E-state index in [2.05, 4.69) is 0 Å². The topological polar surface area (TPSA) is 99.4 Å². The van der Waals surface area contributed by atoms with Gasteiger partial charge in [0.25, 0.3) is 0 Å². The molecule has 2 aromatic carbocycles. The van der Waals surface area contributed by atoms with Gasteiger partial charge in [-0.2, -0.15) is 0 Å². The molecule has 2 aromatic rings. The summed E-state index contributed by atoms with van der Waals surface area (Å²) in [5, 5.41) is 41.1. The smallest absolute Gasteiger partial charge is 0.115 e. The zero-order chi connectivity index (χ0) is 18.5. The zero-order valence-electron chi connectivity index (χ0n) is 14.3. The van der Waals surface area contributed by atoms with Gasteiger partial charge in [-0.3, -0.25) is 0 Å². The SMILES string of the molecule is OC1[C@@H](O)[C@@H](OCc2ccccc2)C(O)[C@H](OCc2ccccc2)[C@H]1O. The molecule has 26 heavy (non-hydrogen) atoms. The summed E-state index contributed by atoms with van der Waals surface area (Å²) in [5.74, 6) is 0. The van der Waals surface area contributed by atoms with Crippen LogP contribution >= 0.6 is 0 Å². The van der Waals surface area contributed by atoms with E-state index < -0.39 is 36.6 Å². The molecule has 0 heterocycles. The Morgan fingerprint density at radius 1 is 0.538 bits per heavy atom. The maximum Gasteiger partial charge on any atom is 0.115 e. The van der Waals surface area contributed by atoms with Crippen LogP contribution in [0, 0.1) is 0 Å². The van der Waals surface area contributed by atoms with E-state index in [1.807, 2.05) is 60.7 Å². The lowest BCUT2D eigenvalue weighted by Gasteiger charge is -2.43. The summed E-state index contributed by atoms with van der Waals surface area (Å²) in [4.78, 5) is 0. The zero-order valence-corrected chi connectivity index (χ0v) is 14.3. The van der Waals surface area contributed by atoms with Crippen LogP contribution in [0.15, 0.2) is 60.7 Å². The van der Waals surface area contributed by atoms with Crippen LogP contribution in [0.25, 0.3) is 0 Å². The summed E-state index contributed by atoms with van der Waals surface area (Å²) >= 11 is 0. The number of benzene rings is 2. The van der Waals surface area contributed by atoms with Crippen molar-refractivity contribution in [3.05, 3.63) is 71.8 Å². The summed E-state index contributed by atoms with van der Waals surface area (Å²) in [6.45, 7) is 0.321. The number of aliphatic hydroxyl groups excluding tert-OH is 4. The van der Waals surface area contributed by atoms with Gasteiger partial charge in [0.2, 0.25) is 0 Å². The molecule has 140 valence electrons. The highest BCUT2D eigenvalue weighted by atomic mass is 16.5. The third-order valence-corrected chi connectivity index (χ3v) is 4.62. The van der Waals surface area contributed by atoms with E-state index in [1.54, 1.807) is 0 Å². The quantitative estimate of drug-likeness (QED) is 0.603. The Morgan fingerprint density at radius 2 is 0.923 bits per heavy atom. The van der Waals surface area contributed by atoms with Crippen molar-refractivity contribution in [2.24, 2.45) is 0 Å². The highest BCUT2D eigenvalue weighted by Gasteiger charge is 2.50. The Hall–Kier alpha value is -1.80. The van der Waals surface area contributed by atoms with Gasteiger partial charge in [0.05, 0.1) is 13.2 Å². The first-order valence-electron chi connectivity index (χ1n) is 8.61. The standard InChI is InChI=1S/C20H24O6/c21-15-16(22)19(25-11-13-7-3-1-4-8-13)18(24)20(17(15)23)26-12-14-9-5-2-6-10-14/h1-10,15-24H,11-12H2/t15?,16-,17+,18?,19-,20-/m1/s1. The number of ether oxygens (including phenoxy) is 2. The van der Waals surface area contributed by atoms with Gasteiger partial charge in [-0.05, 0) is 11.1 Å². The summed E-state index contributed by atoms with van der Waals surface area (Å²) in [7, 11) is 0. The summed E-state index contributed by atoms with van der Waals surface area (Å²) in [6, 6.07) is 18.6. The molecule has 1 saturated carbocycles. The first-order chi connectivity index (χ1) is 12.6. The molecular weight excluding hydrogens is 336 g/mol. The Bertz CT molecular complexity index is 607. The van der Waals surface area contributed by atoms with Crippen LogP contribution in [-0.2, 0) is 22.7 Å². The lowest BCUT2D eigenvalue weighted by Crippen LogP contribution is -2.64. The molecule has 3 rings (SSSR count). The molecule has 0 saturated heterocycles. The molecule has 0 amide bonds. The first-order valence-corrected chi connectivity index (χ1v) is 8.61. The van der Waals surface area contributed by atoms with E-state index >= 15 is 0 Å². The van der Waals surface area contributed by atoms with Gasteiger partial charge >= 0.3 is 0 Å². The second-order valence-electron chi connectivity index (χ2n) is 6.48. The lowest BCUT2D eigenvalue weighted by molar-refractivity contribution is -0.250. The predicted molar refractivity (Wildman–Crippen MR) is 94.1 cm³/mol. The molecule has 0 bridgehead atoms. The minimum absolute atomic E-state index is 0.161. The van der Waals surface area contributed by atoms with Gasteiger partial charge in [-0.25, -0.2) is 0 Å². The second kappa shape index (κ2) is 8.73. The van der Waals surface area contributed by atoms with E-state index in [0.29, 0.717) is 0 Å². The van der Waals surface area contributed by atoms with Crippen molar-refractivity contribution in [2.75, 3.05) is 0 Å². The molecule has 6 heteroatoms. The van der Waals surface area contributed by atoms with Gasteiger partial charge < -0.3 is 29.9 Å². The monoisotopic (exact) mass is 360 g/mol. The van der Waals surface area contributed by atoms with Gasteiger partial charge in [-0.1, -0.05) is 60.7 Å². The van der Waals surface area contributed by atoms with Crippen molar-refractivity contribution in [3.8, 4) is 0 Å². The Labute approximate surface area is 152 Å². The molecule has 1 aliphatic rings. The molecule has 1 fully saturated rings. The third kappa shape index (κ3) is 4.29. The predicted octanol–water partition coefficient (Wildman–Crippen LogP) is 0.614. The number of hydrogen-bond acceptors (Lipinski definition) is 6. The van der Waals surface area contributed by atoms with Crippen LogP contribution in [0.3, 0.4) is 0 Å². The molecular formula is C20H24O6. The average molecular weight is 360 g/mol. The molecule has 4 N–H and O–H groups in total. The average Bonchev–Trinajstić information content (AvgIpc) is 2.68. The van der Waals surface area contributed by atoms with Crippen LogP contribution in [0.5, 0.6) is 0 Å². The largest absolute Gasteiger partial charge is 0.387 e.